The normalized spacial score (nSPS) is 10.2. The van der Waals surface area contributed by atoms with Crippen LogP contribution in [0, 0.1) is 6.92 Å². The van der Waals surface area contributed by atoms with Crippen molar-refractivity contribution in [3.8, 4) is 5.75 Å². The summed E-state index contributed by atoms with van der Waals surface area (Å²) in [4.78, 5) is 23.8. The fourth-order valence-corrected chi connectivity index (χ4v) is 2.20. The number of carbonyl (C=O) groups is 2. The van der Waals surface area contributed by atoms with Gasteiger partial charge in [0.25, 0.3) is 0 Å². The van der Waals surface area contributed by atoms with Gasteiger partial charge in [0.05, 0.1) is 5.56 Å². The van der Waals surface area contributed by atoms with E-state index in [1.54, 1.807) is 43.3 Å². The Kier molecular flexibility index (Phi) is 4.91. The Bertz CT molecular complexity index is 692. The summed E-state index contributed by atoms with van der Waals surface area (Å²) in [7, 11) is 0. The van der Waals surface area contributed by atoms with Crippen LogP contribution >= 0.6 is 15.9 Å². The molecule has 0 aliphatic carbocycles. The van der Waals surface area contributed by atoms with Crippen LogP contribution in [0.5, 0.6) is 5.75 Å². The average molecular weight is 347 g/mol. The lowest BCUT2D eigenvalue weighted by Crippen LogP contribution is -2.09. The predicted octanol–water partition coefficient (Wildman–Crippen LogP) is 4.57. The Morgan fingerprint density at radius 3 is 2.52 bits per heavy atom. The van der Waals surface area contributed by atoms with Crippen molar-refractivity contribution in [3.05, 3.63) is 63.6 Å². The van der Waals surface area contributed by atoms with Crippen molar-refractivity contribution in [2.45, 2.75) is 20.3 Å². The molecule has 0 spiro atoms. The summed E-state index contributed by atoms with van der Waals surface area (Å²) >= 11 is 3.39. The van der Waals surface area contributed by atoms with Crippen molar-refractivity contribution in [3.63, 3.8) is 0 Å². The number of benzene rings is 2. The summed E-state index contributed by atoms with van der Waals surface area (Å²) < 4.78 is 6.17. The molecule has 0 bridgehead atoms. The summed E-state index contributed by atoms with van der Waals surface area (Å²) in [6.45, 7) is 3.74. The van der Waals surface area contributed by atoms with Gasteiger partial charge in [0.15, 0.2) is 5.78 Å². The second-order valence-electron chi connectivity index (χ2n) is 4.66. The highest BCUT2D eigenvalue weighted by Gasteiger charge is 2.11. The van der Waals surface area contributed by atoms with E-state index < -0.39 is 5.97 Å². The van der Waals surface area contributed by atoms with E-state index in [0.717, 1.165) is 10.0 Å². The minimum atomic E-state index is -0.447. The molecular weight excluding hydrogens is 332 g/mol. The molecule has 0 fully saturated rings. The largest absolute Gasteiger partial charge is 0.423 e. The van der Waals surface area contributed by atoms with E-state index in [2.05, 4.69) is 15.9 Å². The molecule has 2 aromatic rings. The minimum absolute atomic E-state index is 0.0194. The van der Waals surface area contributed by atoms with Crippen LogP contribution in [0.25, 0.3) is 0 Å². The summed E-state index contributed by atoms with van der Waals surface area (Å²) in [5.74, 6) is -0.0567. The van der Waals surface area contributed by atoms with Crippen LogP contribution in [-0.4, -0.2) is 11.8 Å². The maximum Gasteiger partial charge on any atom is 0.343 e. The third kappa shape index (κ3) is 3.79. The molecule has 0 heterocycles. The van der Waals surface area contributed by atoms with Crippen LogP contribution in [0.1, 0.15) is 39.6 Å². The van der Waals surface area contributed by atoms with Crippen molar-refractivity contribution in [1.29, 1.82) is 0 Å². The number of hydrogen-bond acceptors (Lipinski definition) is 3. The molecule has 21 heavy (non-hydrogen) atoms. The fraction of sp³-hybridized carbons (Fsp3) is 0.176. The maximum absolute atomic E-state index is 12.1. The van der Waals surface area contributed by atoms with Gasteiger partial charge < -0.3 is 4.74 Å². The van der Waals surface area contributed by atoms with E-state index >= 15 is 0 Å². The van der Waals surface area contributed by atoms with Gasteiger partial charge in [0.2, 0.25) is 0 Å². The molecule has 0 aliphatic heterocycles. The van der Waals surface area contributed by atoms with E-state index in [1.807, 2.05) is 13.0 Å². The Hall–Kier alpha value is -1.94. The predicted molar refractivity (Wildman–Crippen MR) is 84.9 cm³/mol. The van der Waals surface area contributed by atoms with Gasteiger partial charge >= 0.3 is 5.97 Å². The van der Waals surface area contributed by atoms with Crippen LogP contribution < -0.4 is 4.74 Å². The van der Waals surface area contributed by atoms with E-state index in [1.165, 1.54) is 0 Å². The molecule has 108 valence electrons. The molecule has 0 atom stereocenters. The lowest BCUT2D eigenvalue weighted by atomic mass is 10.1. The fourth-order valence-electron chi connectivity index (χ4n) is 1.82. The average Bonchev–Trinajstić information content (AvgIpc) is 2.49. The van der Waals surface area contributed by atoms with Gasteiger partial charge in [0, 0.05) is 16.5 Å². The van der Waals surface area contributed by atoms with Gasteiger partial charge in [-0.2, -0.15) is 0 Å². The van der Waals surface area contributed by atoms with E-state index in [-0.39, 0.29) is 5.78 Å². The number of aryl methyl sites for hydroxylation is 1. The molecule has 0 aliphatic rings. The zero-order valence-electron chi connectivity index (χ0n) is 11.9. The summed E-state index contributed by atoms with van der Waals surface area (Å²) in [6.07, 6.45) is 0.419. The summed E-state index contributed by atoms with van der Waals surface area (Å²) in [5.41, 5.74) is 2.05. The second kappa shape index (κ2) is 6.68. The van der Waals surface area contributed by atoms with E-state index in [0.29, 0.717) is 23.3 Å². The van der Waals surface area contributed by atoms with Gasteiger partial charge in [-0.15, -0.1) is 0 Å². The monoisotopic (exact) mass is 346 g/mol. The third-order valence-electron chi connectivity index (χ3n) is 3.10. The van der Waals surface area contributed by atoms with Crippen LogP contribution in [0.4, 0.5) is 0 Å². The van der Waals surface area contributed by atoms with Gasteiger partial charge in [-0.1, -0.05) is 41.1 Å². The van der Waals surface area contributed by atoms with Gasteiger partial charge in [0.1, 0.15) is 5.75 Å². The molecule has 0 N–H and O–H groups in total. The molecule has 4 heteroatoms. The molecule has 2 aromatic carbocycles. The molecular formula is C17H15BrO3. The molecule has 3 nitrogen and oxygen atoms in total. The minimum Gasteiger partial charge on any atom is -0.423 e. The number of ether oxygens (including phenoxy) is 1. The zero-order chi connectivity index (χ0) is 15.4. The molecule has 0 saturated heterocycles. The lowest BCUT2D eigenvalue weighted by Gasteiger charge is -2.07. The van der Waals surface area contributed by atoms with Crippen molar-refractivity contribution < 1.29 is 14.3 Å². The van der Waals surface area contributed by atoms with Crippen molar-refractivity contribution in [2.75, 3.05) is 0 Å². The van der Waals surface area contributed by atoms with Crippen LogP contribution in [0.3, 0.4) is 0 Å². The van der Waals surface area contributed by atoms with Gasteiger partial charge in [-0.05, 0) is 36.8 Å². The van der Waals surface area contributed by atoms with E-state index in [9.17, 15) is 9.59 Å². The lowest BCUT2D eigenvalue weighted by molar-refractivity contribution is 0.0733. The van der Waals surface area contributed by atoms with Crippen LogP contribution in [-0.2, 0) is 0 Å². The van der Waals surface area contributed by atoms with E-state index in [4.69, 9.17) is 4.74 Å². The first-order valence-electron chi connectivity index (χ1n) is 6.63. The highest BCUT2D eigenvalue weighted by atomic mass is 79.9. The maximum atomic E-state index is 12.1. The van der Waals surface area contributed by atoms with Gasteiger partial charge in [-0.3, -0.25) is 4.79 Å². The first-order valence-corrected chi connectivity index (χ1v) is 7.42. The first kappa shape index (κ1) is 15.4. The Morgan fingerprint density at radius 1 is 1.10 bits per heavy atom. The topological polar surface area (TPSA) is 43.4 Å². The Morgan fingerprint density at radius 2 is 1.86 bits per heavy atom. The van der Waals surface area contributed by atoms with Crippen LogP contribution in [0.15, 0.2) is 46.9 Å². The van der Waals surface area contributed by atoms with Crippen LogP contribution in [0.2, 0.25) is 0 Å². The highest BCUT2D eigenvalue weighted by Crippen LogP contribution is 2.20. The molecule has 0 saturated carbocycles. The summed E-state index contributed by atoms with van der Waals surface area (Å²) in [6, 6.07) is 11.9. The molecule has 0 aromatic heterocycles. The van der Waals surface area contributed by atoms with Crippen molar-refractivity contribution in [2.24, 2.45) is 0 Å². The quantitative estimate of drug-likeness (QED) is 0.462. The number of esters is 1. The third-order valence-corrected chi connectivity index (χ3v) is 3.95. The Labute approximate surface area is 132 Å². The zero-order valence-corrected chi connectivity index (χ0v) is 13.4. The number of halogens is 1. The molecule has 0 radical (unpaired) electrons. The second-order valence-corrected chi connectivity index (χ2v) is 5.51. The molecule has 2 rings (SSSR count). The molecule has 0 amide bonds. The number of hydrogen-bond donors (Lipinski definition) is 0. The van der Waals surface area contributed by atoms with Crippen molar-refractivity contribution >= 4 is 27.7 Å². The van der Waals surface area contributed by atoms with Gasteiger partial charge in [-0.25, -0.2) is 4.79 Å². The Balaban J connectivity index is 2.19. The SMILES string of the molecule is CCC(=O)c1cccc(OC(=O)c2ccc(C)c(Br)c2)c1. The molecule has 0 unspecified atom stereocenters. The smallest absolute Gasteiger partial charge is 0.343 e. The number of carbonyl (C=O) groups excluding carboxylic acids is 2. The van der Waals surface area contributed by atoms with Crippen molar-refractivity contribution in [1.82, 2.24) is 0 Å². The standard InChI is InChI=1S/C17H15BrO3/c1-3-16(19)12-5-4-6-14(9-12)21-17(20)13-8-7-11(2)15(18)10-13/h4-10H,3H2,1-2H3. The number of ketones is 1. The summed E-state index contributed by atoms with van der Waals surface area (Å²) in [5, 5.41) is 0. The highest BCUT2D eigenvalue weighted by molar-refractivity contribution is 9.10. The number of Topliss-reactive ketones (excluding diaryl/α,β-unsaturated/α-hetero) is 1. The first-order chi connectivity index (χ1) is 10.0. The number of rotatable bonds is 4.